The monoisotopic (exact) mass is 746 g/mol. The Morgan fingerprint density at radius 1 is 0.788 bits per heavy atom. The molecule has 52 heavy (non-hydrogen) atoms. The molecule has 6 atom stereocenters. The summed E-state index contributed by atoms with van der Waals surface area (Å²) in [5.41, 5.74) is 5.79. The molecule has 1 aliphatic carbocycles. The Bertz CT molecular complexity index is 1530. The summed E-state index contributed by atoms with van der Waals surface area (Å²) in [6.45, 7) is 4.67. The number of hydrogen-bond acceptors (Lipinski definition) is 8. The van der Waals surface area contributed by atoms with Crippen molar-refractivity contribution in [2.45, 2.75) is 95.9 Å². The number of primary amides is 1. The van der Waals surface area contributed by atoms with Gasteiger partial charge in [-0.2, -0.15) is 0 Å². The van der Waals surface area contributed by atoms with Crippen LogP contribution in [0.5, 0.6) is 0 Å². The second-order valence-electron chi connectivity index (χ2n) is 12.9. The van der Waals surface area contributed by atoms with Gasteiger partial charge in [-0.25, -0.2) is 4.79 Å². The van der Waals surface area contributed by atoms with Gasteiger partial charge in [0.25, 0.3) is 0 Å². The molecule has 1 aliphatic rings. The molecule has 1 aromatic rings. The van der Waals surface area contributed by atoms with Crippen LogP contribution in [0.15, 0.2) is 48.6 Å². The Morgan fingerprint density at radius 2 is 1.35 bits per heavy atom. The van der Waals surface area contributed by atoms with Crippen molar-refractivity contribution < 1.29 is 48.6 Å². The first-order chi connectivity index (χ1) is 24.4. The van der Waals surface area contributed by atoms with Gasteiger partial charge in [-0.1, -0.05) is 61.9 Å². The third-order valence-corrected chi connectivity index (χ3v) is 8.19. The van der Waals surface area contributed by atoms with Crippen LogP contribution < -0.4 is 32.3 Å². The van der Waals surface area contributed by atoms with Crippen LogP contribution in [0.3, 0.4) is 0 Å². The van der Waals surface area contributed by atoms with E-state index in [0.717, 1.165) is 6.92 Å². The zero-order valence-corrected chi connectivity index (χ0v) is 30.0. The summed E-state index contributed by atoms with van der Waals surface area (Å²) in [4.78, 5) is 101. The molecule has 0 radical (unpaired) electrons. The molecule has 284 valence electrons. The van der Waals surface area contributed by atoms with E-state index in [0.29, 0.717) is 17.0 Å². The molecule has 0 heterocycles. The van der Waals surface area contributed by atoms with E-state index < -0.39 is 84.0 Å². The van der Waals surface area contributed by atoms with Gasteiger partial charge in [-0.05, 0) is 55.2 Å². The maximum Gasteiger partial charge on any atom is 0.326 e. The first kappa shape index (κ1) is 42.9. The lowest BCUT2D eigenvalue weighted by Gasteiger charge is -2.28. The maximum atomic E-state index is 13.7. The number of halogens is 1. The van der Waals surface area contributed by atoms with Crippen molar-refractivity contribution in [2.75, 3.05) is 0 Å². The van der Waals surface area contributed by atoms with Crippen LogP contribution >= 0.6 is 11.6 Å². The van der Waals surface area contributed by atoms with Crippen LogP contribution in [0.25, 0.3) is 0 Å². The van der Waals surface area contributed by atoms with Gasteiger partial charge in [0.15, 0.2) is 0 Å². The van der Waals surface area contributed by atoms with Crippen molar-refractivity contribution >= 4 is 59.0 Å². The number of hydrogen-bond donors (Lipinski definition) is 8. The van der Waals surface area contributed by atoms with Crippen LogP contribution in [-0.4, -0.2) is 87.8 Å². The number of rotatable bonds is 21. The Morgan fingerprint density at radius 3 is 1.88 bits per heavy atom. The second kappa shape index (κ2) is 21.2. The van der Waals surface area contributed by atoms with Crippen molar-refractivity contribution in [3.05, 3.63) is 59.2 Å². The van der Waals surface area contributed by atoms with Crippen molar-refractivity contribution in [1.29, 1.82) is 0 Å². The number of carboxylic acids is 2. The van der Waals surface area contributed by atoms with Gasteiger partial charge in [0.05, 0.1) is 6.42 Å². The summed E-state index contributed by atoms with van der Waals surface area (Å²) in [6.07, 6.45) is 6.37. The van der Waals surface area contributed by atoms with Crippen molar-refractivity contribution in [2.24, 2.45) is 17.6 Å². The lowest BCUT2D eigenvalue weighted by atomic mass is 9.92. The van der Waals surface area contributed by atoms with Crippen LogP contribution in [0, 0.1) is 11.8 Å². The molecule has 6 amide bonds. The van der Waals surface area contributed by atoms with Crippen LogP contribution in [0.2, 0.25) is 5.02 Å². The molecular formula is C35H47ClN6O10. The van der Waals surface area contributed by atoms with Crippen LogP contribution in [-0.2, 0) is 44.8 Å². The normalized spacial score (nSPS) is 16.4. The summed E-state index contributed by atoms with van der Waals surface area (Å²) in [6, 6.07) is -0.630. The van der Waals surface area contributed by atoms with Gasteiger partial charge in [-0.3, -0.25) is 33.6 Å². The average Bonchev–Trinajstić information content (AvgIpc) is 3.05. The van der Waals surface area contributed by atoms with Gasteiger partial charge in [0, 0.05) is 24.8 Å². The molecule has 0 aromatic heterocycles. The molecule has 16 nitrogen and oxygen atoms in total. The minimum Gasteiger partial charge on any atom is -0.481 e. The maximum absolute atomic E-state index is 13.7. The molecule has 1 aromatic carbocycles. The number of nitrogens with two attached hydrogens (primary N) is 1. The van der Waals surface area contributed by atoms with E-state index in [9.17, 15) is 48.6 Å². The fourth-order valence-electron chi connectivity index (χ4n) is 5.37. The van der Waals surface area contributed by atoms with Crippen molar-refractivity contribution in [3.8, 4) is 0 Å². The van der Waals surface area contributed by atoms with Gasteiger partial charge < -0.3 is 42.5 Å². The lowest BCUT2D eigenvalue weighted by molar-refractivity contribution is -0.143. The lowest BCUT2D eigenvalue weighted by Crippen LogP contribution is -2.59. The topological polar surface area (TPSA) is 263 Å². The fourth-order valence-corrected chi connectivity index (χ4v) is 5.50. The van der Waals surface area contributed by atoms with E-state index in [1.165, 1.54) is 0 Å². The Hall–Kier alpha value is -5.25. The van der Waals surface area contributed by atoms with E-state index in [4.69, 9.17) is 17.3 Å². The first-order valence-corrected chi connectivity index (χ1v) is 17.1. The molecule has 17 heteroatoms. The Kier molecular flexibility index (Phi) is 17.5. The Balaban J connectivity index is 2.30. The number of carbonyl (C=O) groups is 8. The molecule has 0 aliphatic heterocycles. The molecule has 0 saturated carbocycles. The highest BCUT2D eigenvalue weighted by Gasteiger charge is 2.34. The number of nitrogens with one attached hydrogen (secondary N) is 5. The highest BCUT2D eigenvalue weighted by Crippen LogP contribution is 2.19. The predicted octanol–water partition coefficient (Wildman–Crippen LogP) is 0.720. The molecule has 2 rings (SSSR count). The average molecular weight is 747 g/mol. The highest BCUT2D eigenvalue weighted by atomic mass is 35.5. The standard InChI is InChI=1S/C35H47ClN6O10/c1-19(2)15-25(32(48)42-28(35(51)52)17-22-9-11-23(36)12-10-22)39-34(50)27(18-30(45)46)41-33(49)26(16-21-7-5-4-6-8-21)40-31(47)24(38-20(3)43)13-14-29(37)44/h4-7,9-12,19,21,24-28H,8,13-18H2,1-3H3,(H2,37,44)(H,38,43)(H,39,50)(H,40,47)(H,41,49)(H,42,48)(H,45,46)(H,51,52)/t21-,24-,25-,26-,27-,28-/m0/s1. The molecule has 9 N–H and O–H groups in total. The van der Waals surface area contributed by atoms with Crippen molar-refractivity contribution in [1.82, 2.24) is 26.6 Å². The molecule has 0 spiro atoms. The largest absolute Gasteiger partial charge is 0.481 e. The summed E-state index contributed by atoms with van der Waals surface area (Å²) < 4.78 is 0. The molecule has 0 saturated heterocycles. The zero-order valence-electron chi connectivity index (χ0n) is 29.2. The van der Waals surface area contributed by atoms with Gasteiger partial charge in [0.1, 0.15) is 30.2 Å². The number of benzene rings is 1. The predicted molar refractivity (Wildman–Crippen MR) is 189 cm³/mol. The van der Waals surface area contributed by atoms with Crippen LogP contribution in [0.1, 0.15) is 64.9 Å². The molecular weight excluding hydrogens is 700 g/mol. The highest BCUT2D eigenvalue weighted by molar-refractivity contribution is 6.30. The van der Waals surface area contributed by atoms with Crippen molar-refractivity contribution in [3.63, 3.8) is 0 Å². The van der Waals surface area contributed by atoms with E-state index in [2.05, 4.69) is 26.6 Å². The summed E-state index contributed by atoms with van der Waals surface area (Å²) in [7, 11) is 0. The van der Waals surface area contributed by atoms with Crippen LogP contribution in [0.4, 0.5) is 0 Å². The van der Waals surface area contributed by atoms with E-state index in [-0.39, 0.29) is 43.9 Å². The van der Waals surface area contributed by atoms with E-state index >= 15 is 0 Å². The minimum atomic E-state index is -1.72. The number of carboxylic acid groups (broad SMARTS) is 2. The van der Waals surface area contributed by atoms with Gasteiger partial charge >= 0.3 is 11.9 Å². The van der Waals surface area contributed by atoms with Gasteiger partial charge in [-0.15, -0.1) is 0 Å². The quantitative estimate of drug-likeness (QED) is 0.0874. The van der Waals surface area contributed by atoms with Gasteiger partial charge in [0.2, 0.25) is 35.4 Å². The summed E-state index contributed by atoms with van der Waals surface area (Å²) in [5.74, 6) is -8.14. The molecule has 0 fully saturated rings. The summed E-state index contributed by atoms with van der Waals surface area (Å²) >= 11 is 5.91. The zero-order chi connectivity index (χ0) is 39.0. The van der Waals surface area contributed by atoms with E-state index in [1.807, 2.05) is 6.08 Å². The summed E-state index contributed by atoms with van der Waals surface area (Å²) in [5, 5.41) is 32.1. The number of allylic oxidation sites excluding steroid dienone is 4. The third kappa shape index (κ3) is 15.7. The molecule has 0 unspecified atom stereocenters. The second-order valence-corrected chi connectivity index (χ2v) is 13.4. The first-order valence-electron chi connectivity index (χ1n) is 16.7. The third-order valence-electron chi connectivity index (χ3n) is 7.93. The fraction of sp³-hybridized carbons (Fsp3) is 0.486. The number of carbonyl (C=O) groups excluding carboxylic acids is 6. The number of aliphatic carboxylic acids is 2. The number of amides is 6. The Labute approximate surface area is 306 Å². The molecule has 0 bridgehead atoms. The smallest absolute Gasteiger partial charge is 0.326 e. The SMILES string of the molecule is CC(=O)N[C@@H](CCC(N)=O)C(=O)N[C@@H](C[C@H]1C=CC=CC1)C(=O)N[C@@H](CC(=O)O)C(=O)N[C@@H](CC(C)C)C(=O)N[C@@H](Cc1ccc(Cl)cc1)C(=O)O. The minimum absolute atomic E-state index is 0.0189. The van der Waals surface area contributed by atoms with E-state index in [1.54, 1.807) is 56.3 Å².